The molecule has 1 saturated heterocycles. The number of benzene rings is 1. The van der Waals surface area contributed by atoms with Crippen LogP contribution in [-0.4, -0.2) is 66.2 Å². The van der Waals surface area contributed by atoms with Crippen LogP contribution in [0.15, 0.2) is 30.3 Å². The zero-order chi connectivity index (χ0) is 24.9. The molecule has 2 heterocycles. The summed E-state index contributed by atoms with van der Waals surface area (Å²) >= 11 is 0. The maximum atomic E-state index is 13.2. The Labute approximate surface area is 200 Å². The highest BCUT2D eigenvalue weighted by atomic mass is 32.2. The summed E-state index contributed by atoms with van der Waals surface area (Å²) in [5.41, 5.74) is 0.135. The molecule has 1 aromatic heterocycles. The number of fused-ring (bicyclic) bond motifs is 1. The summed E-state index contributed by atoms with van der Waals surface area (Å²) in [7, 11) is -4.24. The van der Waals surface area contributed by atoms with Crippen molar-refractivity contribution in [3.63, 3.8) is 0 Å². The van der Waals surface area contributed by atoms with E-state index in [1.54, 1.807) is 43.3 Å². The molecule has 0 bridgehead atoms. The number of amides is 1. The van der Waals surface area contributed by atoms with E-state index in [2.05, 4.69) is 4.83 Å². The summed E-state index contributed by atoms with van der Waals surface area (Å²) in [4.78, 5) is 28.0. The lowest BCUT2D eigenvalue weighted by Crippen LogP contribution is -2.54. The number of esters is 1. The maximum absolute atomic E-state index is 13.2. The first-order chi connectivity index (χ1) is 16.0. The summed E-state index contributed by atoms with van der Waals surface area (Å²) in [6.45, 7) is 7.88. The maximum Gasteiger partial charge on any atom is 0.425 e. The third-order valence-electron chi connectivity index (χ3n) is 5.31. The number of carbonyl (C=O) groups excluding carboxylic acids is 2. The smallest absolute Gasteiger partial charge is 0.425 e. The molecule has 2 aromatic rings. The fourth-order valence-corrected chi connectivity index (χ4v) is 5.00. The van der Waals surface area contributed by atoms with Gasteiger partial charge in [-0.3, -0.25) is 0 Å². The highest BCUT2D eigenvalue weighted by Gasteiger charge is 2.33. The van der Waals surface area contributed by atoms with Crippen LogP contribution in [-0.2, 0) is 26.2 Å². The van der Waals surface area contributed by atoms with Crippen molar-refractivity contribution >= 4 is 33.2 Å². The molecule has 188 valence electrons. The Kier molecular flexibility index (Phi) is 8.21. The second-order valence-corrected chi connectivity index (χ2v) is 10.7. The third kappa shape index (κ3) is 6.49. The van der Waals surface area contributed by atoms with Crippen molar-refractivity contribution < 1.29 is 27.5 Å². The van der Waals surface area contributed by atoms with E-state index < -0.39 is 27.9 Å². The molecule has 0 atom stereocenters. The van der Waals surface area contributed by atoms with Gasteiger partial charge < -0.3 is 14.0 Å². The summed E-state index contributed by atoms with van der Waals surface area (Å²) in [5.74, 6) is -0.517. The number of nitrogens with one attached hydrogen (secondary N) is 1. The van der Waals surface area contributed by atoms with Gasteiger partial charge in [0.1, 0.15) is 11.3 Å². The summed E-state index contributed by atoms with van der Waals surface area (Å²) in [6.07, 6.45) is 1.79. The van der Waals surface area contributed by atoms with Gasteiger partial charge in [0.2, 0.25) is 0 Å². The molecule has 1 N–H and O–H groups in total. The molecule has 1 aliphatic heterocycles. The molecule has 34 heavy (non-hydrogen) atoms. The van der Waals surface area contributed by atoms with Crippen LogP contribution in [0.3, 0.4) is 0 Å². The van der Waals surface area contributed by atoms with Crippen LogP contribution in [0.2, 0.25) is 0 Å². The van der Waals surface area contributed by atoms with E-state index in [0.717, 1.165) is 30.2 Å². The Balaban J connectivity index is 1.91. The molecule has 1 amide bonds. The highest BCUT2D eigenvalue weighted by molar-refractivity contribution is 7.87. The fourth-order valence-electron chi connectivity index (χ4n) is 3.84. The van der Waals surface area contributed by atoms with Gasteiger partial charge in [-0.1, -0.05) is 24.6 Å². The van der Waals surface area contributed by atoms with Gasteiger partial charge in [0, 0.05) is 30.5 Å². The lowest BCUT2D eigenvalue weighted by atomic mass is 10.2. The molecule has 0 radical (unpaired) electrons. The van der Waals surface area contributed by atoms with Gasteiger partial charge in [0.05, 0.1) is 13.2 Å². The largest absolute Gasteiger partial charge is 0.461 e. The van der Waals surface area contributed by atoms with E-state index in [4.69, 9.17) is 9.47 Å². The number of ether oxygens (including phenoxy) is 2. The minimum Gasteiger partial charge on any atom is -0.461 e. The Bertz CT molecular complexity index is 1120. The number of aromatic nitrogens is 1. The van der Waals surface area contributed by atoms with Crippen molar-refractivity contribution in [2.24, 2.45) is 0 Å². The van der Waals surface area contributed by atoms with Crippen molar-refractivity contribution in [2.45, 2.75) is 59.1 Å². The number of hydrogen-bond donors (Lipinski definition) is 1. The number of nitrogens with zero attached hydrogens (tertiary/aromatic N) is 3. The Morgan fingerprint density at radius 3 is 2.44 bits per heavy atom. The van der Waals surface area contributed by atoms with Crippen LogP contribution >= 0.6 is 0 Å². The highest BCUT2D eigenvalue weighted by Crippen LogP contribution is 2.22. The number of piperidine rings is 1. The second-order valence-electron chi connectivity index (χ2n) is 9.16. The fraction of sp³-hybridized carbons (Fsp3) is 0.565. The molecular formula is C23H34N4O6S. The lowest BCUT2D eigenvalue weighted by Gasteiger charge is -2.31. The van der Waals surface area contributed by atoms with E-state index >= 15 is 0 Å². The first-order valence-electron chi connectivity index (χ1n) is 11.6. The summed E-state index contributed by atoms with van der Waals surface area (Å²) in [6, 6.07) is 9.06. The van der Waals surface area contributed by atoms with Gasteiger partial charge >= 0.3 is 22.3 Å². The first kappa shape index (κ1) is 26.0. The zero-order valence-corrected chi connectivity index (χ0v) is 21.1. The number of carbonyl (C=O) groups is 2. The number of rotatable bonds is 8. The van der Waals surface area contributed by atoms with Gasteiger partial charge in [0.25, 0.3) is 0 Å². The van der Waals surface area contributed by atoms with Gasteiger partial charge in [-0.05, 0) is 52.7 Å². The predicted octanol–water partition coefficient (Wildman–Crippen LogP) is 3.29. The van der Waals surface area contributed by atoms with Gasteiger partial charge in [-0.15, -0.1) is 4.83 Å². The van der Waals surface area contributed by atoms with Gasteiger partial charge in [-0.2, -0.15) is 12.7 Å². The number of para-hydroxylation sites is 1. The molecule has 1 aliphatic rings. The minimum atomic E-state index is -4.24. The average molecular weight is 495 g/mol. The van der Waals surface area contributed by atoms with Crippen LogP contribution in [0.4, 0.5) is 4.79 Å². The Hall–Kier alpha value is -2.63. The van der Waals surface area contributed by atoms with Crippen molar-refractivity contribution in [1.82, 2.24) is 18.7 Å². The van der Waals surface area contributed by atoms with E-state index in [1.807, 2.05) is 24.3 Å². The molecule has 3 rings (SSSR count). The molecule has 0 aliphatic carbocycles. The van der Waals surface area contributed by atoms with Gasteiger partial charge in [0.15, 0.2) is 0 Å². The van der Waals surface area contributed by atoms with Crippen molar-refractivity contribution in [3.8, 4) is 0 Å². The Morgan fingerprint density at radius 2 is 1.79 bits per heavy atom. The zero-order valence-electron chi connectivity index (χ0n) is 20.2. The van der Waals surface area contributed by atoms with Crippen LogP contribution in [0.5, 0.6) is 0 Å². The third-order valence-corrected chi connectivity index (χ3v) is 6.71. The number of hydrazine groups is 1. The van der Waals surface area contributed by atoms with E-state index in [9.17, 15) is 18.0 Å². The second kappa shape index (κ2) is 10.7. The van der Waals surface area contributed by atoms with Crippen LogP contribution < -0.4 is 4.83 Å². The normalized spacial score (nSPS) is 15.3. The molecule has 1 aromatic carbocycles. The molecular weight excluding hydrogens is 460 g/mol. The minimum absolute atomic E-state index is 0.0435. The standard InChI is InChI=1S/C23H34N4O6S/c1-5-32-21(28)20-17-18-11-7-8-12-19(18)26(20)15-16-27(22(29)33-23(2,3)4)34(30,31)24-25-13-9-6-10-14-25/h7-8,11-12,17,24H,5-6,9-10,13-16H2,1-4H3. The molecule has 0 saturated carbocycles. The SMILES string of the molecule is CCOC(=O)c1cc2ccccc2n1CCN(C(=O)OC(C)(C)C)S(=O)(=O)NN1CCCCC1. The summed E-state index contributed by atoms with van der Waals surface area (Å²) in [5, 5.41) is 2.41. The van der Waals surface area contributed by atoms with Crippen LogP contribution in [0.25, 0.3) is 10.9 Å². The van der Waals surface area contributed by atoms with Crippen LogP contribution in [0.1, 0.15) is 57.4 Å². The van der Waals surface area contributed by atoms with E-state index in [-0.39, 0.29) is 25.4 Å². The monoisotopic (exact) mass is 494 g/mol. The van der Waals surface area contributed by atoms with Crippen molar-refractivity contribution in [3.05, 3.63) is 36.0 Å². The van der Waals surface area contributed by atoms with Crippen LogP contribution in [0, 0.1) is 0 Å². The molecule has 1 fully saturated rings. The molecule has 10 nitrogen and oxygen atoms in total. The Morgan fingerprint density at radius 1 is 1.12 bits per heavy atom. The number of hydrogen-bond acceptors (Lipinski definition) is 7. The van der Waals surface area contributed by atoms with Gasteiger partial charge in [-0.25, -0.2) is 14.6 Å². The predicted molar refractivity (Wildman–Crippen MR) is 128 cm³/mol. The van der Waals surface area contributed by atoms with Crippen molar-refractivity contribution in [1.29, 1.82) is 0 Å². The first-order valence-corrected chi connectivity index (χ1v) is 13.0. The quantitative estimate of drug-likeness (QED) is 0.561. The molecule has 11 heteroatoms. The van der Waals surface area contributed by atoms with E-state index in [0.29, 0.717) is 17.4 Å². The topological polar surface area (TPSA) is 110 Å². The summed E-state index contributed by atoms with van der Waals surface area (Å²) < 4.78 is 39.4. The van der Waals surface area contributed by atoms with Crippen molar-refractivity contribution in [2.75, 3.05) is 26.2 Å². The molecule has 0 unspecified atom stereocenters. The lowest BCUT2D eigenvalue weighted by molar-refractivity contribution is 0.0379. The molecule has 0 spiro atoms. The van der Waals surface area contributed by atoms with E-state index in [1.165, 1.54) is 0 Å². The average Bonchev–Trinajstić information content (AvgIpc) is 3.12.